The predicted octanol–water partition coefficient (Wildman–Crippen LogP) is 4.41. The van der Waals surface area contributed by atoms with Crippen LogP contribution in [0.4, 0.5) is 4.39 Å². The van der Waals surface area contributed by atoms with Crippen LogP contribution in [0.3, 0.4) is 0 Å². The Morgan fingerprint density at radius 3 is 2.35 bits per heavy atom. The van der Waals surface area contributed by atoms with Crippen molar-refractivity contribution >= 4 is 5.97 Å². The van der Waals surface area contributed by atoms with Gasteiger partial charge in [-0.15, -0.1) is 0 Å². The van der Waals surface area contributed by atoms with Crippen LogP contribution < -0.4 is 0 Å². The molecule has 0 saturated heterocycles. The van der Waals surface area contributed by atoms with Gasteiger partial charge in [0.1, 0.15) is 6.10 Å². The number of hydrogen-bond donors (Lipinski definition) is 3. The standard InChI is InChI=1S/C21H35FO4/c1-2-3-12-17(13-8-6-4-5-7-11-16-22)19(23)21(26,20(24)25)18-14-9-10-15-18/h3,8,12-13,17-19,23,26H,2,4-7,9-11,14-16H2,1H3,(H,24,25)/t17?,19-,21+/m1/s1. The van der Waals surface area contributed by atoms with Crippen LogP contribution in [0.15, 0.2) is 24.3 Å². The highest BCUT2D eigenvalue weighted by molar-refractivity contribution is 5.78. The fourth-order valence-corrected chi connectivity index (χ4v) is 3.73. The summed E-state index contributed by atoms with van der Waals surface area (Å²) in [7, 11) is 0. The summed E-state index contributed by atoms with van der Waals surface area (Å²) in [5, 5.41) is 31.3. The van der Waals surface area contributed by atoms with E-state index in [0.29, 0.717) is 19.3 Å². The minimum Gasteiger partial charge on any atom is -0.479 e. The summed E-state index contributed by atoms with van der Waals surface area (Å²) in [6, 6.07) is 0. The molecule has 0 radical (unpaired) electrons. The summed E-state index contributed by atoms with van der Waals surface area (Å²) in [6.07, 6.45) is 14.0. The number of unbranched alkanes of at least 4 members (excludes halogenated alkanes) is 4. The highest BCUT2D eigenvalue weighted by atomic mass is 19.1. The van der Waals surface area contributed by atoms with E-state index in [0.717, 1.165) is 44.9 Å². The molecule has 3 atom stereocenters. The summed E-state index contributed by atoms with van der Waals surface area (Å²) >= 11 is 0. The summed E-state index contributed by atoms with van der Waals surface area (Å²) in [5.41, 5.74) is -2.12. The van der Waals surface area contributed by atoms with Crippen LogP contribution in [0.25, 0.3) is 0 Å². The van der Waals surface area contributed by atoms with Crippen molar-refractivity contribution in [3.63, 3.8) is 0 Å². The maximum absolute atomic E-state index is 12.1. The number of hydrogen-bond acceptors (Lipinski definition) is 3. The third kappa shape index (κ3) is 6.51. The molecule has 0 bridgehead atoms. The Kier molecular flexibility index (Phi) is 10.7. The molecular weight excluding hydrogens is 335 g/mol. The van der Waals surface area contributed by atoms with E-state index in [1.807, 2.05) is 19.1 Å². The molecule has 3 N–H and O–H groups in total. The number of carboxylic acid groups (broad SMARTS) is 1. The minimum atomic E-state index is -2.12. The maximum atomic E-state index is 12.1. The first kappa shape index (κ1) is 22.8. The van der Waals surface area contributed by atoms with Crippen molar-refractivity contribution in [2.24, 2.45) is 11.8 Å². The number of aliphatic hydroxyl groups is 2. The number of aliphatic carboxylic acids is 1. The van der Waals surface area contributed by atoms with Gasteiger partial charge in [0.2, 0.25) is 0 Å². The van der Waals surface area contributed by atoms with Gasteiger partial charge in [-0.05, 0) is 38.5 Å². The Morgan fingerprint density at radius 1 is 1.15 bits per heavy atom. The lowest BCUT2D eigenvalue weighted by Gasteiger charge is -2.36. The van der Waals surface area contributed by atoms with Gasteiger partial charge in [0.15, 0.2) is 5.60 Å². The maximum Gasteiger partial charge on any atom is 0.338 e. The van der Waals surface area contributed by atoms with E-state index in [1.54, 1.807) is 12.2 Å². The molecule has 1 aliphatic carbocycles. The molecule has 0 aromatic heterocycles. The van der Waals surface area contributed by atoms with Gasteiger partial charge < -0.3 is 15.3 Å². The largest absolute Gasteiger partial charge is 0.479 e. The number of carbonyl (C=O) groups is 1. The zero-order valence-electron chi connectivity index (χ0n) is 15.9. The van der Waals surface area contributed by atoms with Gasteiger partial charge in [0.05, 0.1) is 6.67 Å². The first-order valence-corrected chi connectivity index (χ1v) is 10.0. The van der Waals surface area contributed by atoms with Gasteiger partial charge in [-0.1, -0.05) is 56.9 Å². The van der Waals surface area contributed by atoms with Gasteiger partial charge in [-0.25, -0.2) is 4.79 Å². The van der Waals surface area contributed by atoms with E-state index in [4.69, 9.17) is 0 Å². The molecule has 1 saturated carbocycles. The van der Waals surface area contributed by atoms with E-state index in [2.05, 4.69) is 0 Å². The summed E-state index contributed by atoms with van der Waals surface area (Å²) in [6.45, 7) is 1.69. The summed E-state index contributed by atoms with van der Waals surface area (Å²) < 4.78 is 12.1. The van der Waals surface area contributed by atoms with Gasteiger partial charge in [0, 0.05) is 11.8 Å². The molecule has 150 valence electrons. The molecule has 5 heteroatoms. The first-order valence-electron chi connectivity index (χ1n) is 10.0. The van der Waals surface area contributed by atoms with Gasteiger partial charge in [-0.2, -0.15) is 0 Å². The Balaban J connectivity index is 2.78. The Labute approximate surface area is 156 Å². The van der Waals surface area contributed by atoms with Gasteiger partial charge in [0.25, 0.3) is 0 Å². The minimum absolute atomic E-state index is 0.277. The molecule has 0 aromatic rings. The van der Waals surface area contributed by atoms with E-state index in [-0.39, 0.29) is 6.67 Å². The highest BCUT2D eigenvalue weighted by Crippen LogP contribution is 2.39. The number of allylic oxidation sites excluding steroid dienone is 2. The second-order valence-electron chi connectivity index (χ2n) is 7.29. The fraction of sp³-hybridized carbons (Fsp3) is 0.762. The van der Waals surface area contributed by atoms with Crippen molar-refractivity contribution in [3.05, 3.63) is 24.3 Å². The SMILES string of the molecule is CCC=CC(C=CCCCCCCF)[C@@H](O)[C@](O)(C(=O)O)C1CCCC1. The second-order valence-corrected chi connectivity index (χ2v) is 7.29. The van der Waals surface area contributed by atoms with E-state index >= 15 is 0 Å². The Bertz CT molecular complexity index is 457. The molecular formula is C21H35FO4. The van der Waals surface area contributed by atoms with Crippen LogP contribution in [0.2, 0.25) is 0 Å². The third-order valence-electron chi connectivity index (χ3n) is 5.34. The smallest absolute Gasteiger partial charge is 0.338 e. The number of halogens is 1. The molecule has 1 fully saturated rings. The molecule has 0 aromatic carbocycles. The quantitative estimate of drug-likeness (QED) is 0.331. The van der Waals surface area contributed by atoms with Crippen LogP contribution in [0, 0.1) is 11.8 Å². The molecule has 0 aliphatic heterocycles. The Hall–Kier alpha value is -1.20. The van der Waals surface area contributed by atoms with E-state index in [1.165, 1.54) is 0 Å². The highest BCUT2D eigenvalue weighted by Gasteiger charge is 2.52. The molecule has 4 nitrogen and oxygen atoms in total. The van der Waals surface area contributed by atoms with Crippen molar-refractivity contribution in [2.45, 2.75) is 82.8 Å². The zero-order valence-corrected chi connectivity index (χ0v) is 15.9. The molecule has 26 heavy (non-hydrogen) atoms. The second kappa shape index (κ2) is 12.2. The van der Waals surface area contributed by atoms with Crippen LogP contribution in [-0.4, -0.2) is 39.7 Å². The molecule has 1 rings (SSSR count). The monoisotopic (exact) mass is 370 g/mol. The molecule has 0 spiro atoms. The van der Waals surface area contributed by atoms with E-state index in [9.17, 15) is 24.5 Å². The molecule has 0 amide bonds. The van der Waals surface area contributed by atoms with Crippen molar-refractivity contribution in [1.82, 2.24) is 0 Å². The first-order chi connectivity index (χ1) is 12.5. The van der Waals surface area contributed by atoms with E-state index < -0.39 is 29.5 Å². The van der Waals surface area contributed by atoms with Crippen molar-refractivity contribution in [1.29, 1.82) is 0 Å². The van der Waals surface area contributed by atoms with Crippen molar-refractivity contribution in [3.8, 4) is 0 Å². The average molecular weight is 371 g/mol. The summed E-state index contributed by atoms with van der Waals surface area (Å²) in [4.78, 5) is 11.8. The average Bonchev–Trinajstić information content (AvgIpc) is 3.17. The number of rotatable bonds is 13. The molecule has 0 heterocycles. The predicted molar refractivity (Wildman–Crippen MR) is 102 cm³/mol. The van der Waals surface area contributed by atoms with Crippen LogP contribution >= 0.6 is 0 Å². The van der Waals surface area contributed by atoms with Gasteiger partial charge in [-0.3, -0.25) is 4.39 Å². The summed E-state index contributed by atoms with van der Waals surface area (Å²) in [5.74, 6) is -2.30. The van der Waals surface area contributed by atoms with Crippen LogP contribution in [0.1, 0.15) is 71.1 Å². The fourth-order valence-electron chi connectivity index (χ4n) is 3.73. The zero-order chi connectivity index (χ0) is 19.4. The topological polar surface area (TPSA) is 77.8 Å². The molecule has 1 unspecified atom stereocenters. The van der Waals surface area contributed by atoms with Crippen molar-refractivity contribution in [2.75, 3.05) is 6.67 Å². The lowest BCUT2D eigenvalue weighted by atomic mass is 9.76. The lowest BCUT2D eigenvalue weighted by molar-refractivity contribution is -0.184. The van der Waals surface area contributed by atoms with Crippen LogP contribution in [-0.2, 0) is 4.79 Å². The number of aliphatic hydroxyl groups excluding tert-OH is 1. The normalized spacial score (nSPS) is 20.6. The third-order valence-corrected chi connectivity index (χ3v) is 5.34. The number of alkyl halides is 1. The molecule has 1 aliphatic rings. The van der Waals surface area contributed by atoms with Gasteiger partial charge >= 0.3 is 5.97 Å². The lowest BCUT2D eigenvalue weighted by Crippen LogP contribution is -2.56. The van der Waals surface area contributed by atoms with Crippen LogP contribution in [0.5, 0.6) is 0 Å². The Morgan fingerprint density at radius 2 is 1.77 bits per heavy atom. The number of carboxylic acids is 1. The van der Waals surface area contributed by atoms with Crippen molar-refractivity contribution < 1.29 is 24.5 Å².